The maximum atomic E-state index is 13.0. The third-order valence-corrected chi connectivity index (χ3v) is 16.4. The van der Waals surface area contributed by atoms with Crippen LogP contribution in [0.1, 0.15) is 322 Å². The summed E-state index contributed by atoms with van der Waals surface area (Å²) < 4.78 is 22.8. The molecule has 0 aromatic carbocycles. The van der Waals surface area contributed by atoms with Gasteiger partial charge >= 0.3 is 11.9 Å². The first kappa shape index (κ1) is 88.4. The van der Waals surface area contributed by atoms with E-state index >= 15 is 0 Å². The first-order valence-corrected chi connectivity index (χ1v) is 38.3. The van der Waals surface area contributed by atoms with Gasteiger partial charge < -0.3 is 33.3 Å². The maximum absolute atomic E-state index is 13.0. The van der Waals surface area contributed by atoms with Crippen molar-refractivity contribution < 1.29 is 42.9 Å². The Hall–Kier alpha value is -4.57. The van der Waals surface area contributed by atoms with Gasteiger partial charge in [-0.25, -0.2) is 0 Å². The molecule has 532 valence electrons. The van der Waals surface area contributed by atoms with Crippen LogP contribution in [0.3, 0.4) is 0 Å². The number of carbonyl (C=O) groups is 3. The van der Waals surface area contributed by atoms with Gasteiger partial charge in [0.15, 0.2) is 12.4 Å². The number of unbranched alkanes of at least 4 members (excludes halogenated alkanes) is 33. The molecule has 9 heteroatoms. The Morgan fingerprint density at radius 3 is 0.914 bits per heavy atom. The molecule has 0 aromatic rings. The monoisotopic (exact) mass is 1290 g/mol. The van der Waals surface area contributed by atoms with Gasteiger partial charge in [0.2, 0.25) is 0 Å². The van der Waals surface area contributed by atoms with Gasteiger partial charge in [-0.1, -0.05) is 327 Å². The molecule has 0 aliphatic carbocycles. The summed E-state index contributed by atoms with van der Waals surface area (Å²) in [6, 6.07) is 0. The topological polar surface area (TPSA) is 111 Å². The Morgan fingerprint density at radius 1 is 0.333 bits per heavy atom. The van der Waals surface area contributed by atoms with E-state index in [1.165, 1.54) is 186 Å². The van der Waals surface area contributed by atoms with E-state index in [-0.39, 0.29) is 38.6 Å². The average Bonchev–Trinajstić information content (AvgIpc) is 3.38. The second kappa shape index (κ2) is 73.2. The highest BCUT2D eigenvalue weighted by molar-refractivity contribution is 5.70. The first-order chi connectivity index (χ1) is 45.6. The number of carboxylic acid groups (broad SMARTS) is 1. The molecule has 9 nitrogen and oxygen atoms in total. The zero-order valence-corrected chi connectivity index (χ0v) is 60.8. The Morgan fingerprint density at radius 2 is 0.613 bits per heavy atom. The number of aliphatic carboxylic acids is 1. The average molecular weight is 1300 g/mol. The van der Waals surface area contributed by atoms with Crippen LogP contribution in [0.5, 0.6) is 0 Å². The lowest BCUT2D eigenvalue weighted by molar-refractivity contribution is -0.870. The maximum Gasteiger partial charge on any atom is 0.306 e. The van der Waals surface area contributed by atoms with Gasteiger partial charge in [0, 0.05) is 12.8 Å². The molecule has 93 heavy (non-hydrogen) atoms. The van der Waals surface area contributed by atoms with Crippen molar-refractivity contribution >= 4 is 17.9 Å². The van der Waals surface area contributed by atoms with Crippen molar-refractivity contribution in [2.45, 2.75) is 334 Å². The number of ether oxygens (including phenoxy) is 4. The normalized spacial score (nSPS) is 13.4. The number of esters is 2. The van der Waals surface area contributed by atoms with Gasteiger partial charge in [-0.05, 0) is 116 Å². The van der Waals surface area contributed by atoms with E-state index in [0.29, 0.717) is 17.4 Å². The fourth-order valence-corrected chi connectivity index (χ4v) is 10.6. The lowest BCUT2D eigenvalue weighted by Crippen LogP contribution is -2.44. The molecule has 0 saturated carbocycles. The molecule has 0 aliphatic rings. The molecule has 2 unspecified atom stereocenters. The molecule has 0 aliphatic heterocycles. The molecule has 0 saturated heterocycles. The predicted molar refractivity (Wildman–Crippen MR) is 398 cm³/mol. The van der Waals surface area contributed by atoms with Crippen LogP contribution in [0.15, 0.2) is 134 Å². The van der Waals surface area contributed by atoms with Crippen molar-refractivity contribution in [3.8, 4) is 0 Å². The summed E-state index contributed by atoms with van der Waals surface area (Å²) in [6.07, 6.45) is 103. The fourth-order valence-electron chi connectivity index (χ4n) is 10.6. The smallest absolute Gasteiger partial charge is 0.306 e. The summed E-state index contributed by atoms with van der Waals surface area (Å²) in [5, 5.41) is 11.8. The highest BCUT2D eigenvalue weighted by atomic mass is 16.7. The van der Waals surface area contributed by atoms with Crippen LogP contribution < -0.4 is 5.11 Å². The van der Waals surface area contributed by atoms with Gasteiger partial charge in [0.1, 0.15) is 13.2 Å². The van der Waals surface area contributed by atoms with E-state index in [4.69, 9.17) is 18.9 Å². The van der Waals surface area contributed by atoms with Crippen molar-refractivity contribution in [1.29, 1.82) is 0 Å². The minimum absolute atomic E-state index is 0.144. The SMILES string of the molecule is CC/C=C\C/C=C\C/C=C\C/C=C\C/C=C\C/C=C\C/C=C\C/C=C\C/C=C\CCCCCCCCCCCCCCCC(=O)OC(COC(=O)CCCCCCCCCCCCCCCCC/C=C\C/C=C\CCCCCCC)COC(OCC[N+](C)(C)C)C(=O)[O-]. The molecule has 0 aromatic heterocycles. The summed E-state index contributed by atoms with van der Waals surface area (Å²) in [4.78, 5) is 37.6. The van der Waals surface area contributed by atoms with Crippen molar-refractivity contribution in [2.75, 3.05) is 47.5 Å². The van der Waals surface area contributed by atoms with Crippen molar-refractivity contribution in [1.82, 2.24) is 0 Å². The lowest BCUT2D eigenvalue weighted by Gasteiger charge is -2.26. The third kappa shape index (κ3) is 74.7. The van der Waals surface area contributed by atoms with E-state index in [9.17, 15) is 19.5 Å². The quantitative estimate of drug-likeness (QED) is 0.0195. The molecular formula is C84H143NO8. The van der Waals surface area contributed by atoms with E-state index < -0.39 is 24.3 Å². The Labute approximate surface area is 573 Å². The minimum Gasteiger partial charge on any atom is -0.545 e. The van der Waals surface area contributed by atoms with E-state index in [0.717, 1.165) is 103 Å². The Bertz CT molecular complexity index is 2000. The van der Waals surface area contributed by atoms with Crippen LogP contribution in [0.4, 0.5) is 0 Å². The lowest BCUT2D eigenvalue weighted by atomic mass is 10.0. The largest absolute Gasteiger partial charge is 0.545 e. The number of carbonyl (C=O) groups excluding carboxylic acids is 3. The second-order valence-corrected chi connectivity index (χ2v) is 26.6. The summed E-state index contributed by atoms with van der Waals surface area (Å²) >= 11 is 0. The summed E-state index contributed by atoms with van der Waals surface area (Å²) in [6.45, 7) is 4.65. The van der Waals surface area contributed by atoms with Crippen LogP contribution in [-0.2, 0) is 33.3 Å². The minimum atomic E-state index is -1.63. The van der Waals surface area contributed by atoms with Crippen LogP contribution in [-0.4, -0.2) is 82.3 Å². The molecule has 0 spiro atoms. The predicted octanol–water partition coefficient (Wildman–Crippen LogP) is 23.1. The third-order valence-electron chi connectivity index (χ3n) is 16.4. The molecule has 0 heterocycles. The summed E-state index contributed by atoms with van der Waals surface area (Å²) in [5.41, 5.74) is 0. The number of nitrogens with zero attached hydrogens (tertiary/aromatic N) is 1. The van der Waals surface area contributed by atoms with Crippen LogP contribution >= 0.6 is 0 Å². The number of allylic oxidation sites excluding steroid dienone is 22. The van der Waals surface area contributed by atoms with Gasteiger partial charge in [-0.2, -0.15) is 0 Å². The van der Waals surface area contributed by atoms with Gasteiger partial charge in [0.05, 0.1) is 40.3 Å². The van der Waals surface area contributed by atoms with E-state index in [2.05, 4.69) is 148 Å². The van der Waals surface area contributed by atoms with E-state index in [1.807, 2.05) is 21.1 Å². The van der Waals surface area contributed by atoms with Crippen LogP contribution in [0.2, 0.25) is 0 Å². The summed E-state index contributed by atoms with van der Waals surface area (Å²) in [7, 11) is 5.93. The van der Waals surface area contributed by atoms with Crippen molar-refractivity contribution in [3.05, 3.63) is 134 Å². The molecule has 0 rings (SSSR count). The molecule has 0 N–H and O–H groups in total. The number of carboxylic acids is 1. The fraction of sp³-hybridized carbons (Fsp3) is 0.702. The number of quaternary nitrogens is 1. The number of likely N-dealkylation sites (N-methyl/N-ethyl adjacent to an activating group) is 1. The van der Waals surface area contributed by atoms with Crippen molar-refractivity contribution in [2.24, 2.45) is 0 Å². The molecule has 2 atom stereocenters. The molecule has 0 bridgehead atoms. The van der Waals surface area contributed by atoms with Crippen molar-refractivity contribution in [3.63, 3.8) is 0 Å². The van der Waals surface area contributed by atoms with Gasteiger partial charge in [-0.3, -0.25) is 9.59 Å². The molecule has 0 amide bonds. The highest BCUT2D eigenvalue weighted by Crippen LogP contribution is 2.18. The molecule has 0 radical (unpaired) electrons. The summed E-state index contributed by atoms with van der Waals surface area (Å²) in [5.74, 6) is -2.28. The van der Waals surface area contributed by atoms with Crippen LogP contribution in [0.25, 0.3) is 0 Å². The standard InChI is InChI=1S/C84H143NO8/c1-6-8-10-12-14-16-18-20-22-24-26-28-30-32-34-35-36-37-38-39-40-41-42-43-44-45-46-47-49-51-53-55-57-59-61-63-65-67-69-71-73-75-82(87)93-80(79-92-84(83(88)89)90-77-76-85(3,4)5)78-91-81(86)74-72-70-68-66-64-62-60-58-56-54-52-50-48-33-31-29-27-25-23-21-19-17-15-13-11-9-7-2/h8,10,14,16,19-22,25-28,32,34,36-37,39-40,42-43,45-46,80,84H,6-7,9,11-13,15,17-18,23-24,29-31,33,35,38,41,44,47-79H2,1-5H3/b10-8-,16-14-,21-19-,22-20-,27-25-,28-26-,34-32-,37-36-,40-39-,43-42-,46-45-. The number of rotatable bonds is 70. The van der Waals surface area contributed by atoms with E-state index in [1.54, 1.807) is 0 Å². The van der Waals surface area contributed by atoms with Gasteiger partial charge in [0.25, 0.3) is 0 Å². The van der Waals surface area contributed by atoms with Gasteiger partial charge in [-0.15, -0.1) is 0 Å². The first-order valence-electron chi connectivity index (χ1n) is 38.3. The Kier molecular flexibility index (Phi) is 69.6. The zero-order chi connectivity index (χ0) is 67.5. The zero-order valence-electron chi connectivity index (χ0n) is 60.8. The highest BCUT2D eigenvalue weighted by Gasteiger charge is 2.22. The Balaban J connectivity index is 4.08. The number of hydrogen-bond acceptors (Lipinski definition) is 8. The molecular weight excluding hydrogens is 1150 g/mol. The number of hydrogen-bond donors (Lipinski definition) is 0. The molecule has 0 fully saturated rings. The second-order valence-electron chi connectivity index (χ2n) is 26.6. The van der Waals surface area contributed by atoms with Crippen LogP contribution in [0, 0.1) is 0 Å².